The number of aromatic hydroxyl groups is 2. The quantitative estimate of drug-likeness (QED) is 0.0269. The Morgan fingerprint density at radius 1 is 0.716 bits per heavy atom. The molecule has 20 heteroatoms. The van der Waals surface area contributed by atoms with Gasteiger partial charge in [-0.2, -0.15) is 8.42 Å². The van der Waals surface area contributed by atoms with Crippen molar-refractivity contribution in [3.05, 3.63) is 94.7 Å². The lowest BCUT2D eigenvalue weighted by atomic mass is 9.82. The van der Waals surface area contributed by atoms with Gasteiger partial charge < -0.3 is 62.3 Å². The second-order valence-electron chi connectivity index (χ2n) is 19.1. The Bertz CT molecular complexity index is 2530. The molecule has 0 saturated carbocycles. The topological polar surface area (TPSA) is 219 Å². The first-order valence-corrected chi connectivity index (χ1v) is 26.6. The van der Waals surface area contributed by atoms with Crippen LogP contribution in [0.2, 0.25) is 0 Å². The average Bonchev–Trinajstić information content (AvgIpc) is 3.78. The Balaban J connectivity index is 1.36. The molecule has 1 aromatic carbocycles. The third kappa shape index (κ3) is 18.3. The van der Waals surface area contributed by atoms with Crippen molar-refractivity contribution in [1.29, 1.82) is 0 Å². The number of methoxy groups -OCH3 is 2. The summed E-state index contributed by atoms with van der Waals surface area (Å²) in [6.45, 7) is 18.9. The van der Waals surface area contributed by atoms with Crippen LogP contribution >= 0.6 is 0 Å². The van der Waals surface area contributed by atoms with Crippen molar-refractivity contribution in [2.45, 2.75) is 76.0 Å². The van der Waals surface area contributed by atoms with Gasteiger partial charge in [-0.1, -0.05) is 47.1 Å². The van der Waals surface area contributed by atoms with Gasteiger partial charge in [-0.25, -0.2) is 9.37 Å². The van der Waals surface area contributed by atoms with Crippen LogP contribution in [0.3, 0.4) is 0 Å². The van der Waals surface area contributed by atoms with Gasteiger partial charge >= 0.3 is 5.97 Å². The van der Waals surface area contributed by atoms with Crippen LogP contribution in [0.1, 0.15) is 77.2 Å². The van der Waals surface area contributed by atoms with E-state index in [1.807, 2.05) is 32.1 Å². The summed E-state index contributed by atoms with van der Waals surface area (Å²) in [5.41, 5.74) is 3.60. The predicted octanol–water partition coefficient (Wildman–Crippen LogP) is 6.22. The van der Waals surface area contributed by atoms with Gasteiger partial charge in [0.2, 0.25) is 17.1 Å². The zero-order valence-corrected chi connectivity index (χ0v) is 45.0. The largest absolute Gasteiger partial charge is 0.492 e. The lowest BCUT2D eigenvalue weighted by Gasteiger charge is -2.27. The number of aromatic nitrogens is 1. The SMILES string of the molecule is COCCOCCOCCOCC[N+](CCOCCOCCOCCOC)=c1ccc2c(C(C)(C)C)cc(C=CC=C3N(CCCCCC(=O)On4c(O)ccc4O)c4ccc(S(=O)(=O)O)cc4C3(C)C)oc-2c1. The standard InChI is InChI=1S/C54H77N3O16S/c1-53(2,3)45-39-42(12-11-13-49-54(4,5)46-40-43(74(61,62)63)16-18-47(46)56(49)21-10-8-9-14-52(60)73-57-50(58)19-20-51(57)59)72-48-38-41(15-17-44(45)48)55(22-24-66-30-32-70-36-34-68-28-26-64-6)23-25-67-31-33-71-37-35-69-29-27-65-7/h11-13,15-20,38-40H,8-10,14,21-37H2,1-7H3,(H2-,58,59,61,62,63)/p+1. The highest BCUT2D eigenvalue weighted by Crippen LogP contribution is 2.48. The van der Waals surface area contributed by atoms with Gasteiger partial charge in [0.25, 0.3) is 10.1 Å². The van der Waals surface area contributed by atoms with E-state index >= 15 is 0 Å². The normalized spacial score (nSPS) is 14.2. The summed E-state index contributed by atoms with van der Waals surface area (Å²) in [4.78, 5) is 19.5. The van der Waals surface area contributed by atoms with E-state index in [1.54, 1.807) is 20.3 Å². The highest BCUT2D eigenvalue weighted by atomic mass is 32.2. The molecule has 0 fully saturated rings. The molecule has 0 radical (unpaired) electrons. The molecule has 2 aromatic rings. The lowest BCUT2D eigenvalue weighted by molar-refractivity contribution is -0.145. The molecule has 3 heterocycles. The number of hydrogen-bond donors (Lipinski definition) is 3. The first-order chi connectivity index (χ1) is 35.4. The maximum atomic E-state index is 12.5. The smallest absolute Gasteiger partial charge is 0.333 e. The number of nitrogens with zero attached hydrogens (tertiary/aromatic N) is 3. The second kappa shape index (κ2) is 29.8. The molecule has 2 aliphatic heterocycles. The van der Waals surface area contributed by atoms with E-state index in [2.05, 4.69) is 54.5 Å². The molecular formula is C54H78N3O16S+. The minimum absolute atomic E-state index is 0.0589. The van der Waals surface area contributed by atoms with Gasteiger partial charge in [0.15, 0.2) is 13.1 Å². The van der Waals surface area contributed by atoms with E-state index in [4.69, 9.17) is 47.1 Å². The minimum Gasteiger partial charge on any atom is -0.492 e. The number of fused-ring (bicyclic) bond motifs is 2. The zero-order valence-electron chi connectivity index (χ0n) is 44.2. The summed E-state index contributed by atoms with van der Waals surface area (Å²) in [7, 11) is -1.19. The number of carbonyl (C=O) groups is 1. The van der Waals surface area contributed by atoms with Gasteiger partial charge in [0.05, 0.1) is 90.2 Å². The Labute approximate surface area is 435 Å². The Kier molecular flexibility index (Phi) is 24.1. The molecule has 3 aliphatic rings. The van der Waals surface area contributed by atoms with E-state index in [1.165, 1.54) is 24.3 Å². The van der Waals surface area contributed by atoms with E-state index in [9.17, 15) is 28.0 Å². The van der Waals surface area contributed by atoms with E-state index in [-0.39, 0.29) is 16.7 Å². The van der Waals surface area contributed by atoms with Gasteiger partial charge in [-0.3, -0.25) is 4.55 Å². The summed E-state index contributed by atoms with van der Waals surface area (Å²) < 4.78 is 88.4. The molecule has 19 nitrogen and oxygen atoms in total. The summed E-state index contributed by atoms with van der Waals surface area (Å²) in [5.74, 6) is -0.0565. The first kappa shape index (κ1) is 59.7. The van der Waals surface area contributed by atoms with Crippen LogP contribution in [0.15, 0.2) is 81.8 Å². The molecule has 410 valence electrons. The third-order valence-electron chi connectivity index (χ3n) is 12.2. The molecule has 0 bridgehead atoms. The fourth-order valence-corrected chi connectivity index (χ4v) is 8.84. The van der Waals surface area contributed by atoms with Crippen molar-refractivity contribution >= 4 is 27.9 Å². The van der Waals surface area contributed by atoms with Crippen LogP contribution in [0.5, 0.6) is 11.8 Å². The van der Waals surface area contributed by atoms with Crippen LogP contribution in [0.4, 0.5) is 5.69 Å². The summed E-state index contributed by atoms with van der Waals surface area (Å²) in [6, 6.07) is 15.4. The van der Waals surface area contributed by atoms with E-state index < -0.39 is 33.3 Å². The molecule has 1 aliphatic carbocycles. The maximum absolute atomic E-state index is 12.5. The third-order valence-corrected chi connectivity index (χ3v) is 13.1. The first-order valence-electron chi connectivity index (χ1n) is 25.2. The van der Waals surface area contributed by atoms with Crippen molar-refractivity contribution < 1.29 is 75.1 Å². The fraction of sp³-hybridized carbons (Fsp3) is 0.556. The monoisotopic (exact) mass is 1060 g/mol. The molecule has 74 heavy (non-hydrogen) atoms. The molecular weight excluding hydrogens is 979 g/mol. The summed E-state index contributed by atoms with van der Waals surface area (Å²) in [5, 5.41) is 20.6. The Hall–Kier alpha value is -5.13. The molecule has 3 N–H and O–H groups in total. The predicted molar refractivity (Wildman–Crippen MR) is 279 cm³/mol. The second-order valence-corrected chi connectivity index (χ2v) is 20.5. The van der Waals surface area contributed by atoms with Crippen molar-refractivity contribution in [2.24, 2.45) is 0 Å². The number of ether oxygens (including phenoxy) is 8. The Morgan fingerprint density at radius 2 is 1.27 bits per heavy atom. The minimum atomic E-state index is -4.47. The number of unbranched alkanes of at least 4 members (excludes halogenated alkanes) is 2. The number of rotatable bonds is 34. The molecule has 0 amide bonds. The molecule has 1 aromatic heterocycles. The highest BCUT2D eigenvalue weighted by molar-refractivity contribution is 7.85. The van der Waals surface area contributed by atoms with Gasteiger partial charge in [-0.05, 0) is 71.9 Å². The molecule has 0 unspecified atom stereocenters. The van der Waals surface area contributed by atoms with Crippen LogP contribution in [0.25, 0.3) is 17.4 Å². The summed E-state index contributed by atoms with van der Waals surface area (Å²) >= 11 is 0. The van der Waals surface area contributed by atoms with Crippen LogP contribution in [0, 0.1) is 0 Å². The number of carbonyl (C=O) groups excluding carboxylic acids is 1. The van der Waals surface area contributed by atoms with Crippen LogP contribution in [-0.2, 0) is 63.6 Å². The Morgan fingerprint density at radius 3 is 1.81 bits per heavy atom. The zero-order chi connectivity index (χ0) is 53.6. The number of allylic oxidation sites excluding steroid dienone is 3. The molecule has 0 saturated heterocycles. The number of hydrogen-bond acceptors (Lipinski definition) is 16. The van der Waals surface area contributed by atoms with Gasteiger partial charge in [-0.15, -0.1) is 4.73 Å². The molecule has 0 spiro atoms. The van der Waals surface area contributed by atoms with Crippen molar-refractivity contribution in [2.75, 3.05) is 131 Å². The van der Waals surface area contributed by atoms with Crippen LogP contribution in [-0.4, -0.2) is 160 Å². The van der Waals surface area contributed by atoms with Crippen molar-refractivity contribution in [3.63, 3.8) is 0 Å². The number of benzene rings is 2. The van der Waals surface area contributed by atoms with Gasteiger partial charge in [0.1, 0.15) is 24.7 Å². The number of anilines is 1. The van der Waals surface area contributed by atoms with Crippen molar-refractivity contribution in [1.82, 2.24) is 9.31 Å². The lowest BCUT2D eigenvalue weighted by Crippen LogP contribution is -2.36. The van der Waals surface area contributed by atoms with Crippen LogP contribution < -0.4 is 19.7 Å². The molecule has 5 rings (SSSR count). The maximum Gasteiger partial charge on any atom is 0.333 e. The fourth-order valence-electron chi connectivity index (χ4n) is 8.33. The highest BCUT2D eigenvalue weighted by Gasteiger charge is 2.40. The van der Waals surface area contributed by atoms with Crippen molar-refractivity contribution in [3.8, 4) is 23.1 Å². The van der Waals surface area contributed by atoms with E-state index in [0.717, 1.165) is 33.4 Å². The van der Waals surface area contributed by atoms with Gasteiger partial charge in [0, 0.05) is 67.7 Å². The summed E-state index contributed by atoms with van der Waals surface area (Å²) in [6.07, 6.45) is 7.70. The molecule has 0 atom stereocenters. The average molecular weight is 1060 g/mol. The van der Waals surface area contributed by atoms with E-state index in [0.29, 0.717) is 148 Å².